The Labute approximate surface area is 138 Å². The molecule has 1 aromatic heterocycles. The van der Waals surface area contributed by atoms with Crippen LogP contribution >= 0.6 is 23.2 Å². The molecule has 0 radical (unpaired) electrons. The van der Waals surface area contributed by atoms with Crippen molar-refractivity contribution < 1.29 is 4.79 Å². The Hall–Kier alpha value is -1.59. The highest BCUT2D eigenvalue weighted by Crippen LogP contribution is 2.05. The summed E-state index contributed by atoms with van der Waals surface area (Å²) >= 11 is 11.4. The van der Waals surface area contributed by atoms with Crippen LogP contribution in [0.4, 0.5) is 0 Å². The zero-order valence-corrected chi connectivity index (χ0v) is 13.6. The lowest BCUT2D eigenvalue weighted by molar-refractivity contribution is -0.130. The van der Waals surface area contributed by atoms with Gasteiger partial charge in [-0.25, -0.2) is 4.98 Å². The molecule has 1 heterocycles. The van der Waals surface area contributed by atoms with Crippen molar-refractivity contribution in [3.63, 3.8) is 0 Å². The van der Waals surface area contributed by atoms with E-state index in [0.29, 0.717) is 35.8 Å². The molecular formula is C15H17Cl2N3O2. The third-order valence-corrected chi connectivity index (χ3v) is 3.70. The second-order valence-corrected chi connectivity index (χ2v) is 5.52. The molecule has 1 amide bonds. The first-order valence-electron chi connectivity index (χ1n) is 7.01. The Morgan fingerprint density at radius 1 is 1.18 bits per heavy atom. The van der Waals surface area contributed by atoms with E-state index in [1.807, 2.05) is 6.07 Å². The number of alkyl halides is 2. The first kappa shape index (κ1) is 16.8. The van der Waals surface area contributed by atoms with Gasteiger partial charge in [0.15, 0.2) is 0 Å². The van der Waals surface area contributed by atoms with Crippen LogP contribution in [0.2, 0.25) is 0 Å². The number of rotatable bonds is 7. The average molecular weight is 342 g/mol. The summed E-state index contributed by atoms with van der Waals surface area (Å²) in [5, 5.41) is 0.552. The molecule has 0 spiro atoms. The Balaban J connectivity index is 2.09. The van der Waals surface area contributed by atoms with Crippen LogP contribution in [0.3, 0.4) is 0 Å². The van der Waals surface area contributed by atoms with Crippen molar-refractivity contribution >= 4 is 40.0 Å². The van der Waals surface area contributed by atoms with Gasteiger partial charge in [-0.05, 0) is 12.1 Å². The van der Waals surface area contributed by atoms with Gasteiger partial charge in [-0.1, -0.05) is 12.1 Å². The SMILES string of the molecule is O=C(CCn1cnc2ccccc2c1=O)N(CCCl)CCCl. The molecule has 0 aliphatic rings. The molecule has 1 aromatic carbocycles. The molecule has 7 heteroatoms. The van der Waals surface area contributed by atoms with E-state index in [9.17, 15) is 9.59 Å². The summed E-state index contributed by atoms with van der Waals surface area (Å²) < 4.78 is 1.46. The van der Waals surface area contributed by atoms with Gasteiger partial charge in [0, 0.05) is 37.8 Å². The Morgan fingerprint density at radius 2 is 1.86 bits per heavy atom. The number of aromatic nitrogens is 2. The number of aryl methyl sites for hydroxylation is 1. The van der Waals surface area contributed by atoms with E-state index in [-0.39, 0.29) is 24.4 Å². The molecule has 0 N–H and O–H groups in total. The van der Waals surface area contributed by atoms with Gasteiger partial charge >= 0.3 is 0 Å². The third-order valence-electron chi connectivity index (χ3n) is 3.36. The molecule has 2 rings (SSSR count). The van der Waals surface area contributed by atoms with Crippen LogP contribution in [0.5, 0.6) is 0 Å². The number of amides is 1. The fourth-order valence-electron chi connectivity index (χ4n) is 2.20. The standard InChI is InChI=1S/C15H17Cl2N3O2/c16-6-9-19(10-7-17)14(21)5-8-20-11-18-13-4-2-1-3-12(13)15(20)22/h1-4,11H,5-10H2. The maximum Gasteiger partial charge on any atom is 0.261 e. The van der Waals surface area contributed by atoms with Crippen molar-refractivity contribution in [2.24, 2.45) is 0 Å². The predicted octanol–water partition coefficient (Wildman–Crippen LogP) is 2.09. The molecule has 0 saturated heterocycles. The minimum atomic E-state index is -0.139. The number of halogens is 2. The van der Waals surface area contributed by atoms with Gasteiger partial charge in [0.25, 0.3) is 5.56 Å². The summed E-state index contributed by atoms with van der Waals surface area (Å²) in [5.74, 6) is 0.654. The third kappa shape index (κ3) is 3.99. The Kier molecular flexibility index (Phi) is 6.21. The van der Waals surface area contributed by atoms with Gasteiger partial charge in [0.1, 0.15) is 0 Å². The number of para-hydroxylation sites is 1. The van der Waals surface area contributed by atoms with Crippen LogP contribution in [0, 0.1) is 0 Å². The number of hydrogen-bond acceptors (Lipinski definition) is 3. The summed E-state index contributed by atoms with van der Waals surface area (Å²) in [6.45, 7) is 1.20. The summed E-state index contributed by atoms with van der Waals surface area (Å²) in [6.07, 6.45) is 1.69. The number of carbonyl (C=O) groups excluding carboxylic acids is 1. The monoisotopic (exact) mass is 341 g/mol. The molecule has 2 aromatic rings. The summed E-state index contributed by atoms with van der Waals surface area (Å²) in [5.41, 5.74) is 0.514. The van der Waals surface area contributed by atoms with Crippen LogP contribution in [0.15, 0.2) is 35.4 Å². The fourth-order valence-corrected chi connectivity index (χ4v) is 2.61. The van der Waals surface area contributed by atoms with Gasteiger partial charge in [0.2, 0.25) is 5.91 Å². The maximum atomic E-state index is 12.3. The van der Waals surface area contributed by atoms with Crippen molar-refractivity contribution in [2.45, 2.75) is 13.0 Å². The lowest BCUT2D eigenvalue weighted by Crippen LogP contribution is -2.35. The first-order valence-corrected chi connectivity index (χ1v) is 8.08. The van der Waals surface area contributed by atoms with Crippen molar-refractivity contribution in [2.75, 3.05) is 24.8 Å². The lowest BCUT2D eigenvalue weighted by Gasteiger charge is -2.20. The first-order chi connectivity index (χ1) is 10.7. The van der Waals surface area contributed by atoms with Gasteiger partial charge in [-0.3, -0.25) is 14.2 Å². The van der Waals surface area contributed by atoms with Crippen LogP contribution < -0.4 is 5.56 Å². The van der Waals surface area contributed by atoms with Crippen molar-refractivity contribution in [1.82, 2.24) is 14.5 Å². The van der Waals surface area contributed by atoms with Crippen LogP contribution in [-0.2, 0) is 11.3 Å². The Bertz CT molecular complexity index is 696. The second-order valence-electron chi connectivity index (χ2n) is 4.77. The molecular weight excluding hydrogens is 325 g/mol. The minimum Gasteiger partial charge on any atom is -0.340 e. The van der Waals surface area contributed by atoms with Gasteiger partial charge in [-0.15, -0.1) is 23.2 Å². The second kappa shape index (κ2) is 8.15. The smallest absolute Gasteiger partial charge is 0.261 e. The van der Waals surface area contributed by atoms with E-state index in [4.69, 9.17) is 23.2 Å². The molecule has 0 bridgehead atoms. The van der Waals surface area contributed by atoms with E-state index in [0.717, 1.165) is 0 Å². The number of hydrogen-bond donors (Lipinski definition) is 0. The molecule has 0 saturated carbocycles. The van der Waals surface area contributed by atoms with E-state index in [1.54, 1.807) is 23.1 Å². The summed E-state index contributed by atoms with van der Waals surface area (Å²) in [4.78, 5) is 30.3. The summed E-state index contributed by atoms with van der Waals surface area (Å²) in [6, 6.07) is 7.15. The Morgan fingerprint density at radius 3 is 2.55 bits per heavy atom. The number of carbonyl (C=O) groups is 1. The zero-order chi connectivity index (χ0) is 15.9. The fraction of sp³-hybridized carbons (Fsp3) is 0.400. The van der Waals surface area contributed by atoms with E-state index >= 15 is 0 Å². The number of nitrogens with zero attached hydrogens (tertiary/aromatic N) is 3. The van der Waals surface area contributed by atoms with Gasteiger partial charge in [0.05, 0.1) is 17.2 Å². The van der Waals surface area contributed by atoms with E-state index < -0.39 is 0 Å². The molecule has 0 atom stereocenters. The minimum absolute atomic E-state index is 0.0682. The molecule has 5 nitrogen and oxygen atoms in total. The van der Waals surface area contributed by atoms with Crippen LogP contribution in [0.1, 0.15) is 6.42 Å². The maximum absolute atomic E-state index is 12.3. The highest BCUT2D eigenvalue weighted by molar-refractivity contribution is 6.18. The van der Waals surface area contributed by atoms with Gasteiger partial charge < -0.3 is 4.90 Å². The summed E-state index contributed by atoms with van der Waals surface area (Å²) in [7, 11) is 0. The number of benzene rings is 1. The molecule has 0 unspecified atom stereocenters. The van der Waals surface area contributed by atoms with Gasteiger partial charge in [-0.2, -0.15) is 0 Å². The lowest BCUT2D eigenvalue weighted by atomic mass is 10.2. The molecule has 0 aliphatic carbocycles. The van der Waals surface area contributed by atoms with Crippen molar-refractivity contribution in [3.05, 3.63) is 40.9 Å². The van der Waals surface area contributed by atoms with Crippen LogP contribution in [0.25, 0.3) is 10.9 Å². The van der Waals surface area contributed by atoms with Crippen molar-refractivity contribution in [1.29, 1.82) is 0 Å². The molecule has 22 heavy (non-hydrogen) atoms. The number of fused-ring (bicyclic) bond motifs is 1. The molecule has 118 valence electrons. The predicted molar refractivity (Wildman–Crippen MR) is 88.6 cm³/mol. The molecule has 0 aliphatic heterocycles. The van der Waals surface area contributed by atoms with E-state index in [1.165, 1.54) is 10.9 Å². The topological polar surface area (TPSA) is 55.2 Å². The zero-order valence-electron chi connectivity index (χ0n) is 12.0. The molecule has 0 fully saturated rings. The normalized spacial score (nSPS) is 10.8. The largest absolute Gasteiger partial charge is 0.340 e. The van der Waals surface area contributed by atoms with Crippen LogP contribution in [-0.4, -0.2) is 45.2 Å². The highest BCUT2D eigenvalue weighted by atomic mass is 35.5. The average Bonchev–Trinajstić information content (AvgIpc) is 2.54. The van der Waals surface area contributed by atoms with Crippen molar-refractivity contribution in [3.8, 4) is 0 Å². The highest BCUT2D eigenvalue weighted by Gasteiger charge is 2.13. The quantitative estimate of drug-likeness (QED) is 0.724. The van der Waals surface area contributed by atoms with E-state index in [2.05, 4.69) is 4.98 Å².